The molecule has 29 heavy (non-hydrogen) atoms. The second-order valence-electron chi connectivity index (χ2n) is 6.83. The lowest BCUT2D eigenvalue weighted by molar-refractivity contribution is 0.0942. The predicted molar refractivity (Wildman–Crippen MR) is 113 cm³/mol. The van der Waals surface area contributed by atoms with Gasteiger partial charge in [-0.05, 0) is 62.4 Å². The summed E-state index contributed by atoms with van der Waals surface area (Å²) < 4.78 is 10.7. The van der Waals surface area contributed by atoms with Crippen molar-refractivity contribution in [2.24, 2.45) is 0 Å². The Labute approximate surface area is 171 Å². The number of nitrogens with zero attached hydrogens (tertiary/aromatic N) is 2. The molecule has 0 atom stereocenters. The van der Waals surface area contributed by atoms with Crippen LogP contribution >= 0.6 is 0 Å². The molecule has 1 aliphatic carbocycles. The number of anilines is 1. The summed E-state index contributed by atoms with van der Waals surface area (Å²) in [5.41, 5.74) is 1.83. The van der Waals surface area contributed by atoms with Crippen molar-refractivity contribution in [2.75, 3.05) is 32.1 Å². The highest BCUT2D eigenvalue weighted by Crippen LogP contribution is 2.20. The second-order valence-corrected chi connectivity index (χ2v) is 6.83. The molecule has 0 saturated carbocycles. The number of ether oxygens (including phenoxy) is 2. The summed E-state index contributed by atoms with van der Waals surface area (Å²) in [4.78, 5) is 20.8. The fourth-order valence-corrected chi connectivity index (χ4v) is 3.13. The van der Waals surface area contributed by atoms with Crippen molar-refractivity contribution in [1.29, 1.82) is 0 Å². The van der Waals surface area contributed by atoms with Crippen LogP contribution in [0.4, 0.5) is 5.95 Å². The molecular formula is C22H28N4O3. The maximum Gasteiger partial charge on any atom is 0.270 e. The molecule has 3 rings (SSSR count). The number of aromatic nitrogens is 2. The van der Waals surface area contributed by atoms with Gasteiger partial charge in [-0.2, -0.15) is 0 Å². The Kier molecular flexibility index (Phi) is 7.86. The van der Waals surface area contributed by atoms with Gasteiger partial charge in [0.05, 0.1) is 13.7 Å². The molecule has 0 saturated heterocycles. The molecule has 0 unspecified atom stereocenters. The van der Waals surface area contributed by atoms with E-state index >= 15 is 0 Å². The number of amides is 1. The topological polar surface area (TPSA) is 85.4 Å². The number of carbonyl (C=O) groups is 1. The Morgan fingerprint density at radius 3 is 2.69 bits per heavy atom. The Morgan fingerprint density at radius 2 is 1.93 bits per heavy atom. The van der Waals surface area contributed by atoms with E-state index in [0.29, 0.717) is 24.8 Å². The average molecular weight is 396 g/mol. The maximum atomic E-state index is 12.3. The number of carbonyl (C=O) groups excluding carboxylic acids is 1. The fourth-order valence-electron chi connectivity index (χ4n) is 3.13. The molecular weight excluding hydrogens is 368 g/mol. The third-order valence-corrected chi connectivity index (χ3v) is 4.72. The Bertz CT molecular complexity index is 821. The van der Waals surface area contributed by atoms with E-state index in [9.17, 15) is 4.79 Å². The van der Waals surface area contributed by atoms with E-state index in [1.807, 2.05) is 24.3 Å². The van der Waals surface area contributed by atoms with Gasteiger partial charge < -0.3 is 20.1 Å². The van der Waals surface area contributed by atoms with Crippen LogP contribution < -0.4 is 20.1 Å². The monoisotopic (exact) mass is 396 g/mol. The summed E-state index contributed by atoms with van der Waals surface area (Å²) in [6.07, 6.45) is 9.86. The summed E-state index contributed by atoms with van der Waals surface area (Å²) in [5.74, 6) is 1.73. The first kappa shape index (κ1) is 20.6. The summed E-state index contributed by atoms with van der Waals surface area (Å²) in [6.45, 7) is 1.52. The largest absolute Gasteiger partial charge is 0.497 e. The SMILES string of the molecule is COc1ccc(OCCNC(=O)c2ccnc(NCCC3=CCCCC3)n2)cc1. The molecule has 7 nitrogen and oxygen atoms in total. The molecule has 2 N–H and O–H groups in total. The van der Waals surface area contributed by atoms with Gasteiger partial charge in [0, 0.05) is 12.7 Å². The quantitative estimate of drug-likeness (QED) is 0.471. The number of benzene rings is 1. The van der Waals surface area contributed by atoms with Crippen molar-refractivity contribution in [3.63, 3.8) is 0 Å². The van der Waals surface area contributed by atoms with Crippen molar-refractivity contribution in [3.8, 4) is 11.5 Å². The van der Waals surface area contributed by atoms with E-state index in [2.05, 4.69) is 26.7 Å². The standard InChI is InChI=1S/C22H28N4O3/c1-28-18-7-9-19(10-8-18)29-16-15-23-21(27)20-12-14-25-22(26-20)24-13-11-17-5-3-2-4-6-17/h5,7-10,12,14H,2-4,6,11,13,15-16H2,1H3,(H,23,27)(H,24,25,26). The van der Waals surface area contributed by atoms with Gasteiger partial charge in [-0.3, -0.25) is 4.79 Å². The molecule has 1 aromatic heterocycles. The van der Waals surface area contributed by atoms with Gasteiger partial charge in [-0.1, -0.05) is 11.6 Å². The number of hydrogen-bond donors (Lipinski definition) is 2. The summed E-state index contributed by atoms with van der Waals surface area (Å²) in [7, 11) is 1.62. The van der Waals surface area contributed by atoms with Gasteiger partial charge in [-0.25, -0.2) is 9.97 Å². The number of hydrogen-bond acceptors (Lipinski definition) is 6. The lowest BCUT2D eigenvalue weighted by Gasteiger charge is -2.13. The number of allylic oxidation sites excluding steroid dienone is 1. The minimum absolute atomic E-state index is 0.247. The van der Waals surface area contributed by atoms with E-state index in [-0.39, 0.29) is 5.91 Å². The number of nitrogens with one attached hydrogen (secondary N) is 2. The van der Waals surface area contributed by atoms with E-state index < -0.39 is 0 Å². The van der Waals surface area contributed by atoms with Crippen LogP contribution in [0.3, 0.4) is 0 Å². The molecule has 0 bridgehead atoms. The Balaban J connectivity index is 1.39. The smallest absolute Gasteiger partial charge is 0.270 e. The van der Waals surface area contributed by atoms with Gasteiger partial charge in [0.25, 0.3) is 5.91 Å². The van der Waals surface area contributed by atoms with Crippen molar-refractivity contribution in [2.45, 2.75) is 32.1 Å². The normalized spacial score (nSPS) is 13.3. The zero-order valence-corrected chi connectivity index (χ0v) is 16.8. The first-order chi connectivity index (χ1) is 14.2. The summed E-state index contributed by atoms with van der Waals surface area (Å²) in [5, 5.41) is 6.02. The minimum Gasteiger partial charge on any atom is -0.497 e. The number of rotatable bonds is 10. The molecule has 1 aliphatic rings. The van der Waals surface area contributed by atoms with Crippen LogP contribution in [0.5, 0.6) is 11.5 Å². The Hall–Kier alpha value is -3.09. The lowest BCUT2D eigenvalue weighted by atomic mass is 9.97. The molecule has 2 aromatic rings. The van der Waals surface area contributed by atoms with Crippen LogP contribution in [0.15, 0.2) is 48.2 Å². The van der Waals surface area contributed by atoms with Gasteiger partial charge in [-0.15, -0.1) is 0 Å². The molecule has 7 heteroatoms. The third-order valence-electron chi connectivity index (χ3n) is 4.72. The molecule has 1 aromatic carbocycles. The highest BCUT2D eigenvalue weighted by atomic mass is 16.5. The van der Waals surface area contributed by atoms with Crippen molar-refractivity contribution < 1.29 is 14.3 Å². The van der Waals surface area contributed by atoms with Crippen LogP contribution in [0, 0.1) is 0 Å². The van der Waals surface area contributed by atoms with Crippen LogP contribution in [-0.4, -0.2) is 42.7 Å². The third kappa shape index (κ3) is 6.78. The molecule has 0 radical (unpaired) electrons. The molecule has 0 spiro atoms. The van der Waals surface area contributed by atoms with E-state index in [1.165, 1.54) is 31.3 Å². The van der Waals surface area contributed by atoms with Crippen LogP contribution in [0.25, 0.3) is 0 Å². The number of methoxy groups -OCH3 is 1. The highest BCUT2D eigenvalue weighted by Gasteiger charge is 2.09. The van der Waals surface area contributed by atoms with Crippen LogP contribution in [0.2, 0.25) is 0 Å². The first-order valence-corrected chi connectivity index (χ1v) is 10.0. The van der Waals surface area contributed by atoms with E-state index in [4.69, 9.17) is 9.47 Å². The minimum atomic E-state index is -0.247. The van der Waals surface area contributed by atoms with Gasteiger partial charge in [0.2, 0.25) is 5.95 Å². The first-order valence-electron chi connectivity index (χ1n) is 10.0. The van der Waals surface area contributed by atoms with Gasteiger partial charge in [0.15, 0.2) is 0 Å². The van der Waals surface area contributed by atoms with Crippen LogP contribution in [-0.2, 0) is 0 Å². The summed E-state index contributed by atoms with van der Waals surface area (Å²) in [6, 6.07) is 8.91. The lowest BCUT2D eigenvalue weighted by Crippen LogP contribution is -2.29. The fraction of sp³-hybridized carbons (Fsp3) is 0.409. The second kappa shape index (κ2) is 11.0. The van der Waals surface area contributed by atoms with E-state index in [1.54, 1.807) is 19.4 Å². The van der Waals surface area contributed by atoms with E-state index in [0.717, 1.165) is 24.5 Å². The molecule has 0 fully saturated rings. The van der Waals surface area contributed by atoms with Crippen molar-refractivity contribution in [3.05, 3.63) is 53.9 Å². The molecule has 1 heterocycles. The average Bonchev–Trinajstić information content (AvgIpc) is 2.78. The highest BCUT2D eigenvalue weighted by molar-refractivity contribution is 5.92. The molecule has 0 aliphatic heterocycles. The zero-order chi connectivity index (χ0) is 20.3. The molecule has 154 valence electrons. The molecule has 1 amide bonds. The predicted octanol–water partition coefficient (Wildman–Crippen LogP) is 3.60. The van der Waals surface area contributed by atoms with Crippen molar-refractivity contribution in [1.82, 2.24) is 15.3 Å². The van der Waals surface area contributed by atoms with Crippen molar-refractivity contribution >= 4 is 11.9 Å². The van der Waals surface area contributed by atoms with Gasteiger partial charge in [0.1, 0.15) is 23.8 Å². The maximum absolute atomic E-state index is 12.3. The zero-order valence-electron chi connectivity index (χ0n) is 16.8. The van der Waals surface area contributed by atoms with Crippen LogP contribution in [0.1, 0.15) is 42.6 Å². The summed E-state index contributed by atoms with van der Waals surface area (Å²) >= 11 is 0. The Morgan fingerprint density at radius 1 is 1.10 bits per heavy atom. The van der Waals surface area contributed by atoms with Gasteiger partial charge >= 0.3 is 0 Å².